The third-order valence-corrected chi connectivity index (χ3v) is 3.69. The number of nitrogens with one attached hydrogen (secondary N) is 2. The van der Waals surface area contributed by atoms with Crippen LogP contribution in [-0.4, -0.2) is 4.98 Å². The summed E-state index contributed by atoms with van der Waals surface area (Å²) in [6.07, 6.45) is 1.77. The predicted octanol–water partition coefficient (Wildman–Crippen LogP) is 5.33. The molecular weight excluding hydrogens is 326 g/mol. The summed E-state index contributed by atoms with van der Waals surface area (Å²) in [5, 5.41) is 6.75. The zero-order valence-electron chi connectivity index (χ0n) is 11.3. The van der Waals surface area contributed by atoms with Crippen LogP contribution in [0.1, 0.15) is 0 Å². The van der Waals surface area contributed by atoms with E-state index in [4.69, 9.17) is 0 Å². The number of pyridine rings is 1. The van der Waals surface area contributed by atoms with Crippen molar-refractivity contribution in [3.63, 3.8) is 0 Å². The Morgan fingerprint density at radius 1 is 0.667 bits per heavy atom. The SMILES string of the molecule is Brc1ccccc1Nc1ccccc1Nc1ccccn1. The first-order chi connectivity index (χ1) is 10.3. The Labute approximate surface area is 132 Å². The maximum absolute atomic E-state index is 4.29. The number of para-hydroxylation sites is 3. The number of hydrogen-bond donors (Lipinski definition) is 2. The molecule has 0 unspecified atom stereocenters. The van der Waals surface area contributed by atoms with Gasteiger partial charge in [-0.3, -0.25) is 0 Å². The number of benzene rings is 2. The van der Waals surface area contributed by atoms with Crippen LogP contribution in [0.25, 0.3) is 0 Å². The largest absolute Gasteiger partial charge is 0.353 e. The summed E-state index contributed by atoms with van der Waals surface area (Å²) in [5.41, 5.74) is 3.00. The van der Waals surface area contributed by atoms with E-state index in [2.05, 4.69) is 31.5 Å². The molecule has 3 rings (SSSR count). The van der Waals surface area contributed by atoms with E-state index in [1.165, 1.54) is 0 Å². The Morgan fingerprint density at radius 3 is 1.95 bits per heavy atom. The van der Waals surface area contributed by atoms with Gasteiger partial charge in [0.15, 0.2) is 0 Å². The molecule has 0 aliphatic rings. The molecule has 0 atom stereocenters. The van der Waals surface area contributed by atoms with E-state index in [9.17, 15) is 0 Å². The van der Waals surface area contributed by atoms with Crippen LogP contribution in [0.5, 0.6) is 0 Å². The van der Waals surface area contributed by atoms with Crippen molar-refractivity contribution in [3.8, 4) is 0 Å². The summed E-state index contributed by atoms with van der Waals surface area (Å²) in [6.45, 7) is 0. The lowest BCUT2D eigenvalue weighted by molar-refractivity contribution is 1.31. The summed E-state index contributed by atoms with van der Waals surface area (Å²) in [7, 11) is 0. The van der Waals surface area contributed by atoms with Crippen LogP contribution in [0, 0.1) is 0 Å². The van der Waals surface area contributed by atoms with Crippen LogP contribution in [0.15, 0.2) is 77.4 Å². The van der Waals surface area contributed by atoms with Gasteiger partial charge in [0.1, 0.15) is 5.82 Å². The minimum Gasteiger partial charge on any atom is -0.353 e. The van der Waals surface area contributed by atoms with Gasteiger partial charge >= 0.3 is 0 Å². The van der Waals surface area contributed by atoms with Crippen LogP contribution >= 0.6 is 15.9 Å². The Hall–Kier alpha value is -2.33. The Balaban J connectivity index is 1.88. The zero-order valence-corrected chi connectivity index (χ0v) is 12.8. The molecule has 1 aromatic heterocycles. The molecule has 1 heterocycles. The average Bonchev–Trinajstić information content (AvgIpc) is 2.52. The van der Waals surface area contributed by atoms with Gasteiger partial charge in [0, 0.05) is 10.7 Å². The van der Waals surface area contributed by atoms with Gasteiger partial charge in [-0.15, -0.1) is 0 Å². The van der Waals surface area contributed by atoms with Crippen molar-refractivity contribution in [2.45, 2.75) is 0 Å². The van der Waals surface area contributed by atoms with Gasteiger partial charge < -0.3 is 10.6 Å². The highest BCUT2D eigenvalue weighted by Crippen LogP contribution is 2.30. The molecule has 0 amide bonds. The van der Waals surface area contributed by atoms with E-state index in [0.717, 1.165) is 27.4 Å². The average molecular weight is 340 g/mol. The fourth-order valence-corrected chi connectivity index (χ4v) is 2.37. The molecule has 0 aliphatic heterocycles. The fourth-order valence-electron chi connectivity index (χ4n) is 1.98. The maximum Gasteiger partial charge on any atom is 0.130 e. The molecule has 0 bridgehead atoms. The maximum atomic E-state index is 4.29. The van der Waals surface area contributed by atoms with E-state index < -0.39 is 0 Å². The van der Waals surface area contributed by atoms with Gasteiger partial charge in [0.05, 0.1) is 17.1 Å². The number of nitrogens with zero attached hydrogens (tertiary/aromatic N) is 1. The van der Waals surface area contributed by atoms with Gasteiger partial charge in [-0.25, -0.2) is 4.98 Å². The van der Waals surface area contributed by atoms with E-state index in [1.54, 1.807) is 6.20 Å². The number of halogens is 1. The minimum absolute atomic E-state index is 0.818. The summed E-state index contributed by atoms with van der Waals surface area (Å²) in [4.78, 5) is 4.29. The lowest BCUT2D eigenvalue weighted by Gasteiger charge is -2.14. The molecule has 0 saturated heterocycles. The lowest BCUT2D eigenvalue weighted by atomic mass is 10.2. The Kier molecular flexibility index (Phi) is 4.17. The summed E-state index contributed by atoms with van der Waals surface area (Å²) < 4.78 is 1.03. The van der Waals surface area contributed by atoms with Gasteiger partial charge in [-0.2, -0.15) is 0 Å². The topological polar surface area (TPSA) is 37.0 Å². The van der Waals surface area contributed by atoms with Crippen molar-refractivity contribution in [2.24, 2.45) is 0 Å². The Bertz CT molecular complexity index is 729. The number of rotatable bonds is 4. The minimum atomic E-state index is 0.818. The highest BCUT2D eigenvalue weighted by molar-refractivity contribution is 9.10. The summed E-state index contributed by atoms with van der Waals surface area (Å²) >= 11 is 3.55. The van der Waals surface area contributed by atoms with Crippen LogP contribution in [0.2, 0.25) is 0 Å². The second kappa shape index (κ2) is 6.41. The predicted molar refractivity (Wildman–Crippen MR) is 91.4 cm³/mol. The van der Waals surface area contributed by atoms with Crippen molar-refractivity contribution in [2.75, 3.05) is 10.6 Å². The third-order valence-electron chi connectivity index (χ3n) is 3.00. The van der Waals surface area contributed by atoms with Crippen molar-refractivity contribution >= 4 is 38.8 Å². The van der Waals surface area contributed by atoms with Crippen molar-refractivity contribution in [3.05, 3.63) is 77.4 Å². The standard InChI is InChI=1S/C17H14BrN3/c18-13-7-1-2-8-14(13)20-15-9-3-4-10-16(15)21-17-11-5-6-12-19-17/h1-12,20H,(H,19,21). The second-order valence-electron chi connectivity index (χ2n) is 4.49. The molecule has 104 valence electrons. The van der Waals surface area contributed by atoms with E-state index in [-0.39, 0.29) is 0 Å². The van der Waals surface area contributed by atoms with Gasteiger partial charge in [-0.05, 0) is 52.3 Å². The number of anilines is 4. The van der Waals surface area contributed by atoms with Gasteiger partial charge in [-0.1, -0.05) is 30.3 Å². The van der Waals surface area contributed by atoms with E-state index in [1.807, 2.05) is 66.7 Å². The quantitative estimate of drug-likeness (QED) is 0.674. The van der Waals surface area contributed by atoms with Crippen LogP contribution in [0.4, 0.5) is 22.9 Å². The molecule has 3 nitrogen and oxygen atoms in total. The number of hydrogen-bond acceptors (Lipinski definition) is 3. The van der Waals surface area contributed by atoms with Crippen LogP contribution < -0.4 is 10.6 Å². The van der Waals surface area contributed by atoms with Crippen molar-refractivity contribution in [1.29, 1.82) is 0 Å². The molecule has 0 saturated carbocycles. The molecule has 0 radical (unpaired) electrons. The molecule has 0 fully saturated rings. The molecule has 3 aromatic rings. The third kappa shape index (κ3) is 3.41. The summed E-state index contributed by atoms with van der Waals surface area (Å²) in [5.74, 6) is 0.818. The number of aromatic nitrogens is 1. The molecule has 2 N–H and O–H groups in total. The van der Waals surface area contributed by atoms with E-state index in [0.29, 0.717) is 0 Å². The second-order valence-corrected chi connectivity index (χ2v) is 5.34. The van der Waals surface area contributed by atoms with Crippen molar-refractivity contribution in [1.82, 2.24) is 4.98 Å². The molecule has 0 aliphatic carbocycles. The lowest BCUT2D eigenvalue weighted by Crippen LogP contribution is -1.98. The Morgan fingerprint density at radius 2 is 1.29 bits per heavy atom. The molecule has 2 aromatic carbocycles. The highest BCUT2D eigenvalue weighted by Gasteiger charge is 2.05. The smallest absolute Gasteiger partial charge is 0.130 e. The first kappa shape index (κ1) is 13.6. The molecule has 0 spiro atoms. The molecule has 21 heavy (non-hydrogen) atoms. The first-order valence-corrected chi connectivity index (χ1v) is 7.41. The van der Waals surface area contributed by atoms with Crippen LogP contribution in [-0.2, 0) is 0 Å². The van der Waals surface area contributed by atoms with Gasteiger partial charge in [0.25, 0.3) is 0 Å². The monoisotopic (exact) mass is 339 g/mol. The highest BCUT2D eigenvalue weighted by atomic mass is 79.9. The van der Waals surface area contributed by atoms with E-state index >= 15 is 0 Å². The van der Waals surface area contributed by atoms with Gasteiger partial charge in [0.2, 0.25) is 0 Å². The normalized spacial score (nSPS) is 10.1. The zero-order chi connectivity index (χ0) is 14.5. The van der Waals surface area contributed by atoms with Crippen molar-refractivity contribution < 1.29 is 0 Å². The molecular formula is C17H14BrN3. The summed E-state index contributed by atoms with van der Waals surface area (Å²) in [6, 6.07) is 21.9. The van der Waals surface area contributed by atoms with Crippen LogP contribution in [0.3, 0.4) is 0 Å². The first-order valence-electron chi connectivity index (χ1n) is 6.61. The molecule has 4 heteroatoms. The fraction of sp³-hybridized carbons (Fsp3) is 0.